The first-order chi connectivity index (χ1) is 6.07. The van der Waals surface area contributed by atoms with Crippen LogP contribution in [0.2, 0.25) is 0 Å². The van der Waals surface area contributed by atoms with Crippen molar-refractivity contribution in [2.75, 3.05) is 13.2 Å². The minimum absolute atomic E-state index is 0.163. The molecular formula is C9H17NO3. The van der Waals surface area contributed by atoms with Crippen LogP contribution in [-0.2, 0) is 4.79 Å². The fourth-order valence-electron chi connectivity index (χ4n) is 0.873. The molecule has 76 valence electrons. The lowest BCUT2D eigenvalue weighted by Crippen LogP contribution is -2.29. The highest BCUT2D eigenvalue weighted by atomic mass is 16.4. The topological polar surface area (TPSA) is 69.6 Å². The fraction of sp³-hybridized carbons (Fsp3) is 0.667. The molecule has 1 atom stereocenters. The van der Waals surface area contributed by atoms with Crippen LogP contribution >= 0.6 is 0 Å². The third-order valence-corrected chi connectivity index (χ3v) is 1.76. The second-order valence-electron chi connectivity index (χ2n) is 3.06. The highest BCUT2D eigenvalue weighted by Gasteiger charge is 2.05. The zero-order valence-corrected chi connectivity index (χ0v) is 7.92. The first-order valence-electron chi connectivity index (χ1n) is 4.33. The maximum absolute atomic E-state index is 10.3. The van der Waals surface area contributed by atoms with Crippen molar-refractivity contribution < 1.29 is 15.0 Å². The van der Waals surface area contributed by atoms with Gasteiger partial charge in [-0.2, -0.15) is 0 Å². The van der Waals surface area contributed by atoms with Crippen molar-refractivity contribution in [2.24, 2.45) is 0 Å². The van der Waals surface area contributed by atoms with Crippen molar-refractivity contribution in [3.8, 4) is 0 Å². The summed E-state index contributed by atoms with van der Waals surface area (Å²) in [6, 6.07) is 0.211. The van der Waals surface area contributed by atoms with Gasteiger partial charge < -0.3 is 15.5 Å². The molecule has 0 aromatic heterocycles. The SMILES string of the molecule is C=C(CNC(C)CCCO)C(=O)O. The lowest BCUT2D eigenvalue weighted by Gasteiger charge is -2.12. The Labute approximate surface area is 78.3 Å². The predicted molar refractivity (Wildman–Crippen MR) is 50.6 cm³/mol. The minimum Gasteiger partial charge on any atom is -0.478 e. The second kappa shape index (κ2) is 6.62. The molecule has 0 aliphatic heterocycles. The summed E-state index contributed by atoms with van der Waals surface area (Å²) in [5, 5.41) is 20.0. The van der Waals surface area contributed by atoms with Crippen LogP contribution in [0.15, 0.2) is 12.2 Å². The van der Waals surface area contributed by atoms with Gasteiger partial charge >= 0.3 is 5.97 Å². The molecule has 1 unspecified atom stereocenters. The predicted octanol–water partition coefficient (Wildman–Crippen LogP) is 0.378. The van der Waals surface area contributed by atoms with E-state index in [-0.39, 0.29) is 18.2 Å². The Morgan fingerprint density at radius 2 is 2.23 bits per heavy atom. The Morgan fingerprint density at radius 3 is 2.69 bits per heavy atom. The minimum atomic E-state index is -0.971. The molecule has 0 heterocycles. The number of aliphatic carboxylic acids is 1. The van der Waals surface area contributed by atoms with Crippen LogP contribution in [0.1, 0.15) is 19.8 Å². The van der Waals surface area contributed by atoms with Gasteiger partial charge in [0.2, 0.25) is 0 Å². The number of hydrogen-bond acceptors (Lipinski definition) is 3. The zero-order valence-electron chi connectivity index (χ0n) is 7.92. The number of hydrogen-bond donors (Lipinski definition) is 3. The molecule has 0 amide bonds. The highest BCUT2D eigenvalue weighted by Crippen LogP contribution is 1.96. The Bertz CT molecular complexity index is 180. The van der Waals surface area contributed by atoms with Crippen molar-refractivity contribution >= 4 is 5.97 Å². The number of carboxylic acids is 1. The lowest BCUT2D eigenvalue weighted by atomic mass is 10.2. The van der Waals surface area contributed by atoms with Gasteiger partial charge in [-0.3, -0.25) is 0 Å². The molecule has 0 aliphatic rings. The third-order valence-electron chi connectivity index (χ3n) is 1.76. The zero-order chi connectivity index (χ0) is 10.3. The molecule has 0 fully saturated rings. The largest absolute Gasteiger partial charge is 0.478 e. The quantitative estimate of drug-likeness (QED) is 0.504. The molecule has 0 spiro atoms. The fourth-order valence-corrected chi connectivity index (χ4v) is 0.873. The summed E-state index contributed by atoms with van der Waals surface area (Å²) in [5.74, 6) is -0.971. The summed E-state index contributed by atoms with van der Waals surface area (Å²) in [5.41, 5.74) is 0.163. The maximum Gasteiger partial charge on any atom is 0.332 e. The van der Waals surface area contributed by atoms with Gasteiger partial charge in [0, 0.05) is 24.8 Å². The van der Waals surface area contributed by atoms with Crippen molar-refractivity contribution in [3.63, 3.8) is 0 Å². The summed E-state index contributed by atoms with van der Waals surface area (Å²) in [6.45, 7) is 5.81. The highest BCUT2D eigenvalue weighted by molar-refractivity contribution is 5.86. The normalized spacial score (nSPS) is 12.5. The van der Waals surface area contributed by atoms with E-state index in [1.807, 2.05) is 6.92 Å². The number of aliphatic hydroxyl groups is 1. The molecule has 0 rings (SSSR count). The summed E-state index contributed by atoms with van der Waals surface area (Å²) in [7, 11) is 0. The van der Waals surface area contributed by atoms with Gasteiger partial charge in [0.15, 0.2) is 0 Å². The van der Waals surface area contributed by atoms with Crippen LogP contribution in [0, 0.1) is 0 Å². The van der Waals surface area contributed by atoms with Crippen molar-refractivity contribution in [1.29, 1.82) is 0 Å². The van der Waals surface area contributed by atoms with E-state index in [0.29, 0.717) is 6.54 Å². The molecule has 0 aliphatic carbocycles. The molecule has 4 heteroatoms. The van der Waals surface area contributed by atoms with Gasteiger partial charge in [0.1, 0.15) is 0 Å². The first kappa shape index (κ1) is 12.1. The van der Waals surface area contributed by atoms with Gasteiger partial charge in [-0.15, -0.1) is 0 Å². The van der Waals surface area contributed by atoms with E-state index in [1.54, 1.807) is 0 Å². The number of nitrogens with one attached hydrogen (secondary N) is 1. The molecule has 13 heavy (non-hydrogen) atoms. The maximum atomic E-state index is 10.3. The van der Waals surface area contributed by atoms with Crippen LogP contribution in [0.3, 0.4) is 0 Å². The smallest absolute Gasteiger partial charge is 0.332 e. The first-order valence-corrected chi connectivity index (χ1v) is 4.33. The molecule has 0 saturated heterocycles. The molecular weight excluding hydrogens is 170 g/mol. The van der Waals surface area contributed by atoms with Gasteiger partial charge in [0.05, 0.1) is 0 Å². The van der Waals surface area contributed by atoms with Gasteiger partial charge in [-0.1, -0.05) is 6.58 Å². The Balaban J connectivity index is 3.51. The van der Waals surface area contributed by atoms with Crippen LogP contribution in [0.25, 0.3) is 0 Å². The average Bonchev–Trinajstić information content (AvgIpc) is 2.10. The van der Waals surface area contributed by atoms with Crippen LogP contribution in [-0.4, -0.2) is 35.4 Å². The molecule has 4 nitrogen and oxygen atoms in total. The lowest BCUT2D eigenvalue weighted by molar-refractivity contribution is -0.132. The van der Waals surface area contributed by atoms with Crippen molar-refractivity contribution in [1.82, 2.24) is 5.32 Å². The summed E-state index contributed by atoms with van der Waals surface area (Å²) < 4.78 is 0. The Hall–Kier alpha value is -0.870. The monoisotopic (exact) mass is 187 g/mol. The summed E-state index contributed by atoms with van der Waals surface area (Å²) in [4.78, 5) is 10.3. The van der Waals surface area contributed by atoms with Crippen LogP contribution < -0.4 is 5.32 Å². The summed E-state index contributed by atoms with van der Waals surface area (Å²) in [6.07, 6.45) is 1.57. The molecule has 0 aromatic rings. The van der Waals surface area contributed by atoms with E-state index in [9.17, 15) is 4.79 Å². The van der Waals surface area contributed by atoms with Crippen molar-refractivity contribution in [3.05, 3.63) is 12.2 Å². The Kier molecular flexibility index (Phi) is 6.18. The third kappa shape index (κ3) is 6.31. The van der Waals surface area contributed by atoms with Gasteiger partial charge in [-0.25, -0.2) is 4.79 Å². The van der Waals surface area contributed by atoms with E-state index >= 15 is 0 Å². The number of aliphatic hydroxyl groups excluding tert-OH is 1. The van der Waals surface area contributed by atoms with Gasteiger partial charge in [0.25, 0.3) is 0 Å². The number of rotatable bonds is 7. The molecule has 0 radical (unpaired) electrons. The van der Waals surface area contributed by atoms with Gasteiger partial charge in [-0.05, 0) is 19.8 Å². The number of carboxylic acid groups (broad SMARTS) is 1. The van der Waals surface area contributed by atoms with E-state index < -0.39 is 5.97 Å². The van der Waals surface area contributed by atoms with E-state index in [2.05, 4.69) is 11.9 Å². The van der Waals surface area contributed by atoms with Crippen LogP contribution in [0.5, 0.6) is 0 Å². The second-order valence-corrected chi connectivity index (χ2v) is 3.06. The summed E-state index contributed by atoms with van der Waals surface area (Å²) >= 11 is 0. The molecule has 0 saturated carbocycles. The van der Waals surface area contributed by atoms with E-state index in [1.165, 1.54) is 0 Å². The molecule has 0 aromatic carbocycles. The molecule has 0 bridgehead atoms. The number of carbonyl (C=O) groups is 1. The van der Waals surface area contributed by atoms with E-state index in [0.717, 1.165) is 12.8 Å². The average molecular weight is 187 g/mol. The molecule has 3 N–H and O–H groups in total. The van der Waals surface area contributed by atoms with E-state index in [4.69, 9.17) is 10.2 Å². The van der Waals surface area contributed by atoms with Crippen molar-refractivity contribution in [2.45, 2.75) is 25.8 Å². The standard InChI is InChI=1S/C9H17NO3/c1-7(9(12)13)6-10-8(2)4-3-5-11/h8,10-11H,1,3-6H2,2H3,(H,12,13). The Morgan fingerprint density at radius 1 is 1.62 bits per heavy atom. The van der Waals surface area contributed by atoms with Crippen LogP contribution in [0.4, 0.5) is 0 Å².